The molecule has 0 aliphatic carbocycles. The standard InChI is InChI=1S/C12H13N3O/c1-16-11-4-2-3-9(8-11)7-10-5-6-14-12(13)15-10/h2-6,8H,7H2,1H3,(H2,13,14,15). The molecule has 0 saturated carbocycles. The van der Waals surface area contributed by atoms with Crippen LogP contribution in [0.3, 0.4) is 0 Å². The van der Waals surface area contributed by atoms with Gasteiger partial charge in [0, 0.05) is 12.6 Å². The summed E-state index contributed by atoms with van der Waals surface area (Å²) in [6.07, 6.45) is 2.39. The first kappa shape index (κ1) is 10.4. The Labute approximate surface area is 94.1 Å². The van der Waals surface area contributed by atoms with Gasteiger partial charge in [-0.05, 0) is 23.8 Å². The summed E-state index contributed by atoms with van der Waals surface area (Å²) < 4.78 is 5.16. The lowest BCUT2D eigenvalue weighted by Crippen LogP contribution is -1.99. The van der Waals surface area contributed by atoms with Gasteiger partial charge in [-0.3, -0.25) is 0 Å². The number of methoxy groups -OCH3 is 1. The Morgan fingerprint density at radius 2 is 2.19 bits per heavy atom. The van der Waals surface area contributed by atoms with Gasteiger partial charge in [0.2, 0.25) is 5.95 Å². The molecule has 1 aromatic heterocycles. The Hall–Kier alpha value is -2.10. The Morgan fingerprint density at radius 1 is 1.31 bits per heavy atom. The molecular formula is C12H13N3O. The van der Waals surface area contributed by atoms with Crippen LogP contribution in [0.5, 0.6) is 5.75 Å². The summed E-state index contributed by atoms with van der Waals surface area (Å²) in [5, 5.41) is 0. The summed E-state index contributed by atoms with van der Waals surface area (Å²) in [5.41, 5.74) is 7.56. The highest BCUT2D eigenvalue weighted by molar-refractivity contribution is 5.31. The number of anilines is 1. The normalized spacial score (nSPS) is 10.1. The monoisotopic (exact) mass is 215 g/mol. The van der Waals surface area contributed by atoms with Gasteiger partial charge in [-0.25, -0.2) is 9.97 Å². The molecule has 0 saturated heterocycles. The average Bonchev–Trinajstić information content (AvgIpc) is 2.29. The van der Waals surface area contributed by atoms with E-state index in [0.29, 0.717) is 5.95 Å². The van der Waals surface area contributed by atoms with E-state index in [-0.39, 0.29) is 0 Å². The van der Waals surface area contributed by atoms with E-state index in [0.717, 1.165) is 23.4 Å². The number of hydrogen-bond acceptors (Lipinski definition) is 4. The van der Waals surface area contributed by atoms with Crippen molar-refractivity contribution in [3.63, 3.8) is 0 Å². The zero-order chi connectivity index (χ0) is 11.4. The molecule has 1 heterocycles. The van der Waals surface area contributed by atoms with Crippen LogP contribution < -0.4 is 10.5 Å². The molecule has 2 rings (SSSR count). The zero-order valence-electron chi connectivity index (χ0n) is 9.05. The van der Waals surface area contributed by atoms with Gasteiger partial charge in [0.25, 0.3) is 0 Å². The number of nitrogen functional groups attached to an aromatic ring is 1. The van der Waals surface area contributed by atoms with Crippen molar-refractivity contribution in [1.82, 2.24) is 9.97 Å². The van der Waals surface area contributed by atoms with Crippen molar-refractivity contribution in [1.29, 1.82) is 0 Å². The first-order valence-corrected chi connectivity index (χ1v) is 4.98. The van der Waals surface area contributed by atoms with Crippen LogP contribution in [0, 0.1) is 0 Å². The molecule has 16 heavy (non-hydrogen) atoms. The van der Waals surface area contributed by atoms with Crippen LogP contribution in [0.4, 0.5) is 5.95 Å². The molecule has 2 aromatic rings. The topological polar surface area (TPSA) is 61.0 Å². The number of rotatable bonds is 3. The highest BCUT2D eigenvalue weighted by atomic mass is 16.5. The lowest BCUT2D eigenvalue weighted by Gasteiger charge is -2.04. The first-order chi connectivity index (χ1) is 7.78. The third-order valence-electron chi connectivity index (χ3n) is 2.25. The summed E-state index contributed by atoms with van der Waals surface area (Å²) in [4.78, 5) is 8.01. The van der Waals surface area contributed by atoms with Crippen LogP contribution in [0.1, 0.15) is 11.3 Å². The fourth-order valence-electron chi connectivity index (χ4n) is 1.50. The molecule has 0 aliphatic rings. The maximum atomic E-state index is 5.52. The predicted molar refractivity (Wildman–Crippen MR) is 62.2 cm³/mol. The van der Waals surface area contributed by atoms with E-state index >= 15 is 0 Å². The highest BCUT2D eigenvalue weighted by Gasteiger charge is 2.00. The van der Waals surface area contributed by atoms with E-state index < -0.39 is 0 Å². The van der Waals surface area contributed by atoms with E-state index in [2.05, 4.69) is 9.97 Å². The SMILES string of the molecule is COc1cccc(Cc2ccnc(N)n2)c1. The van der Waals surface area contributed by atoms with Crippen molar-refractivity contribution in [2.45, 2.75) is 6.42 Å². The molecule has 0 fully saturated rings. The first-order valence-electron chi connectivity index (χ1n) is 4.98. The minimum absolute atomic E-state index is 0.306. The van der Waals surface area contributed by atoms with Crippen LogP contribution in [-0.2, 0) is 6.42 Å². The van der Waals surface area contributed by atoms with Crippen molar-refractivity contribution in [2.24, 2.45) is 0 Å². The van der Waals surface area contributed by atoms with E-state index in [1.165, 1.54) is 0 Å². The minimum atomic E-state index is 0.306. The molecule has 4 heteroatoms. The molecule has 1 aromatic carbocycles. The maximum Gasteiger partial charge on any atom is 0.220 e. The summed E-state index contributed by atoms with van der Waals surface area (Å²) in [6, 6.07) is 9.74. The van der Waals surface area contributed by atoms with E-state index in [9.17, 15) is 0 Å². The quantitative estimate of drug-likeness (QED) is 0.845. The molecule has 0 bridgehead atoms. The van der Waals surface area contributed by atoms with Crippen LogP contribution in [0.2, 0.25) is 0 Å². The fraction of sp³-hybridized carbons (Fsp3) is 0.167. The summed E-state index contributed by atoms with van der Waals surface area (Å²) >= 11 is 0. The second kappa shape index (κ2) is 4.61. The van der Waals surface area contributed by atoms with Gasteiger partial charge in [-0.2, -0.15) is 0 Å². The molecule has 0 atom stereocenters. The largest absolute Gasteiger partial charge is 0.497 e. The van der Waals surface area contributed by atoms with Crippen molar-refractivity contribution >= 4 is 5.95 Å². The smallest absolute Gasteiger partial charge is 0.220 e. The molecule has 82 valence electrons. The molecule has 0 radical (unpaired) electrons. The van der Waals surface area contributed by atoms with Crippen molar-refractivity contribution in [3.05, 3.63) is 47.8 Å². The Morgan fingerprint density at radius 3 is 2.94 bits per heavy atom. The minimum Gasteiger partial charge on any atom is -0.497 e. The predicted octanol–water partition coefficient (Wildman–Crippen LogP) is 1.66. The Kier molecular flexibility index (Phi) is 3.00. The van der Waals surface area contributed by atoms with Crippen LogP contribution in [0.15, 0.2) is 36.5 Å². The number of hydrogen-bond donors (Lipinski definition) is 1. The van der Waals surface area contributed by atoms with Crippen molar-refractivity contribution < 1.29 is 4.74 Å². The number of ether oxygens (including phenoxy) is 1. The van der Waals surface area contributed by atoms with Gasteiger partial charge in [-0.15, -0.1) is 0 Å². The van der Waals surface area contributed by atoms with Crippen LogP contribution in [0.25, 0.3) is 0 Å². The van der Waals surface area contributed by atoms with Gasteiger partial charge < -0.3 is 10.5 Å². The lowest BCUT2D eigenvalue weighted by atomic mass is 10.1. The highest BCUT2D eigenvalue weighted by Crippen LogP contribution is 2.15. The molecule has 4 nitrogen and oxygen atoms in total. The van der Waals surface area contributed by atoms with Gasteiger partial charge in [0.1, 0.15) is 5.75 Å². The second-order valence-electron chi connectivity index (χ2n) is 3.43. The van der Waals surface area contributed by atoms with Crippen molar-refractivity contribution in [2.75, 3.05) is 12.8 Å². The molecule has 2 N–H and O–H groups in total. The number of nitrogens with zero attached hydrogens (tertiary/aromatic N) is 2. The summed E-state index contributed by atoms with van der Waals surface area (Å²) in [5.74, 6) is 1.15. The molecule has 0 aliphatic heterocycles. The number of benzene rings is 1. The molecule has 0 unspecified atom stereocenters. The number of nitrogens with two attached hydrogens (primary N) is 1. The lowest BCUT2D eigenvalue weighted by molar-refractivity contribution is 0.414. The number of aromatic nitrogens is 2. The van der Waals surface area contributed by atoms with Crippen molar-refractivity contribution in [3.8, 4) is 5.75 Å². The molecule has 0 spiro atoms. The average molecular weight is 215 g/mol. The Balaban J connectivity index is 2.20. The third kappa shape index (κ3) is 2.48. The van der Waals surface area contributed by atoms with Crippen LogP contribution in [-0.4, -0.2) is 17.1 Å². The maximum absolute atomic E-state index is 5.52. The van der Waals surface area contributed by atoms with Gasteiger partial charge in [0.05, 0.1) is 12.8 Å². The second-order valence-corrected chi connectivity index (χ2v) is 3.43. The summed E-state index contributed by atoms with van der Waals surface area (Å²) in [7, 11) is 1.65. The van der Waals surface area contributed by atoms with E-state index in [1.54, 1.807) is 13.3 Å². The van der Waals surface area contributed by atoms with Gasteiger partial charge >= 0.3 is 0 Å². The van der Waals surface area contributed by atoms with Gasteiger partial charge in [-0.1, -0.05) is 12.1 Å². The van der Waals surface area contributed by atoms with Gasteiger partial charge in [0.15, 0.2) is 0 Å². The Bertz CT molecular complexity index is 485. The summed E-state index contributed by atoms with van der Waals surface area (Å²) in [6.45, 7) is 0. The van der Waals surface area contributed by atoms with E-state index in [1.807, 2.05) is 30.3 Å². The fourth-order valence-corrected chi connectivity index (χ4v) is 1.50. The zero-order valence-corrected chi connectivity index (χ0v) is 9.05. The van der Waals surface area contributed by atoms with Crippen LogP contribution >= 0.6 is 0 Å². The molecular weight excluding hydrogens is 202 g/mol. The molecule has 0 amide bonds. The van der Waals surface area contributed by atoms with E-state index in [4.69, 9.17) is 10.5 Å². The third-order valence-corrected chi connectivity index (χ3v) is 2.25.